The molecule has 0 bridgehead atoms. The molecule has 1 aliphatic carbocycles. The van der Waals surface area contributed by atoms with Crippen LogP contribution in [0.5, 0.6) is 0 Å². The molecule has 4 heteroatoms. The number of hydrogen-bond acceptors (Lipinski definition) is 2. The van der Waals surface area contributed by atoms with Crippen LogP contribution in [-0.4, -0.2) is 11.8 Å². The summed E-state index contributed by atoms with van der Waals surface area (Å²) in [5.41, 5.74) is 6.44. The zero-order valence-corrected chi connectivity index (χ0v) is 10.9. The summed E-state index contributed by atoms with van der Waals surface area (Å²) in [5, 5.41) is 0.0611. The first kappa shape index (κ1) is 13.5. The van der Waals surface area contributed by atoms with E-state index in [9.17, 15) is 9.18 Å². The highest BCUT2D eigenvalue weighted by Crippen LogP contribution is 2.27. The lowest BCUT2D eigenvalue weighted by atomic mass is 9.82. The number of carbonyl (C=O) groups is 1. The molecule has 1 fully saturated rings. The van der Waals surface area contributed by atoms with Crippen molar-refractivity contribution < 1.29 is 9.18 Å². The van der Waals surface area contributed by atoms with Gasteiger partial charge in [0.25, 0.3) is 0 Å². The summed E-state index contributed by atoms with van der Waals surface area (Å²) in [6.45, 7) is 0. The number of Topliss-reactive ketones (excluding diaryl/α,β-unsaturated/α-hetero) is 1. The van der Waals surface area contributed by atoms with Crippen LogP contribution < -0.4 is 5.73 Å². The van der Waals surface area contributed by atoms with Crippen molar-refractivity contribution in [1.82, 2.24) is 0 Å². The average molecular weight is 270 g/mol. The monoisotopic (exact) mass is 269 g/mol. The molecule has 0 radical (unpaired) electrons. The number of carbonyl (C=O) groups excluding carboxylic acids is 1. The fourth-order valence-corrected chi connectivity index (χ4v) is 2.73. The van der Waals surface area contributed by atoms with Gasteiger partial charge in [-0.05, 0) is 30.9 Å². The summed E-state index contributed by atoms with van der Waals surface area (Å²) in [6.07, 6.45) is 3.82. The molecule has 0 spiro atoms. The Morgan fingerprint density at radius 3 is 2.94 bits per heavy atom. The smallest absolute Gasteiger partial charge is 0.142 e. The third-order valence-electron chi connectivity index (χ3n) is 3.57. The van der Waals surface area contributed by atoms with Gasteiger partial charge in [0.15, 0.2) is 0 Å². The molecule has 2 rings (SSSR count). The molecule has 0 aliphatic heterocycles. The van der Waals surface area contributed by atoms with Gasteiger partial charge >= 0.3 is 0 Å². The summed E-state index contributed by atoms with van der Waals surface area (Å²) in [5.74, 6) is -0.340. The highest BCUT2D eigenvalue weighted by molar-refractivity contribution is 6.31. The number of rotatable bonds is 3. The summed E-state index contributed by atoms with van der Waals surface area (Å²) < 4.78 is 13.3. The van der Waals surface area contributed by atoms with E-state index in [4.69, 9.17) is 17.3 Å². The van der Waals surface area contributed by atoms with E-state index in [1.54, 1.807) is 12.1 Å². The Labute approximate surface area is 111 Å². The second kappa shape index (κ2) is 5.81. The zero-order valence-electron chi connectivity index (χ0n) is 10.2. The summed E-state index contributed by atoms with van der Waals surface area (Å²) >= 11 is 5.85. The minimum Gasteiger partial charge on any atom is -0.328 e. The van der Waals surface area contributed by atoms with Crippen LogP contribution in [-0.2, 0) is 11.2 Å². The van der Waals surface area contributed by atoms with Crippen LogP contribution in [0.15, 0.2) is 18.2 Å². The average Bonchev–Trinajstić information content (AvgIpc) is 2.35. The summed E-state index contributed by atoms with van der Waals surface area (Å²) in [6, 6.07) is 4.70. The van der Waals surface area contributed by atoms with Crippen LogP contribution in [0, 0.1) is 11.7 Å². The van der Waals surface area contributed by atoms with E-state index in [-0.39, 0.29) is 29.2 Å². The van der Waals surface area contributed by atoms with Crippen LogP contribution in [0.2, 0.25) is 5.02 Å². The van der Waals surface area contributed by atoms with Crippen LogP contribution in [0.4, 0.5) is 4.39 Å². The predicted molar refractivity (Wildman–Crippen MR) is 70.1 cm³/mol. The molecule has 1 aromatic carbocycles. The van der Waals surface area contributed by atoms with E-state index < -0.39 is 5.82 Å². The fraction of sp³-hybridized carbons (Fsp3) is 0.500. The Morgan fingerprint density at radius 1 is 1.44 bits per heavy atom. The number of ketones is 1. The third kappa shape index (κ3) is 3.09. The molecule has 2 atom stereocenters. The van der Waals surface area contributed by atoms with Gasteiger partial charge < -0.3 is 5.73 Å². The van der Waals surface area contributed by atoms with Gasteiger partial charge in [-0.3, -0.25) is 4.79 Å². The molecular formula is C14H17ClFNO. The number of halogens is 2. The molecule has 0 saturated heterocycles. The second-order valence-corrected chi connectivity index (χ2v) is 5.36. The van der Waals surface area contributed by atoms with Crippen molar-refractivity contribution in [3.05, 3.63) is 34.6 Å². The Bertz CT molecular complexity index is 449. The van der Waals surface area contributed by atoms with Crippen molar-refractivity contribution >= 4 is 17.4 Å². The quantitative estimate of drug-likeness (QED) is 0.916. The minimum absolute atomic E-state index is 0.00749. The zero-order chi connectivity index (χ0) is 13.1. The molecule has 98 valence electrons. The lowest BCUT2D eigenvalue weighted by molar-refractivity contribution is -0.123. The largest absolute Gasteiger partial charge is 0.328 e. The standard InChI is InChI=1S/C14H17ClFNO/c15-14-10(4-2-6-12(14)16)8-13(18)9-3-1-5-11(17)7-9/h2,4,6,9,11H,1,3,5,7-8,17H2. The Hall–Kier alpha value is -0.930. The van der Waals surface area contributed by atoms with Crippen LogP contribution in [0.25, 0.3) is 0 Å². The van der Waals surface area contributed by atoms with E-state index in [0.29, 0.717) is 5.56 Å². The number of hydrogen-bond donors (Lipinski definition) is 1. The lowest BCUT2D eigenvalue weighted by Crippen LogP contribution is -2.32. The number of benzene rings is 1. The highest BCUT2D eigenvalue weighted by Gasteiger charge is 2.25. The van der Waals surface area contributed by atoms with Gasteiger partial charge in [0.2, 0.25) is 0 Å². The molecule has 0 aromatic heterocycles. The van der Waals surface area contributed by atoms with Gasteiger partial charge in [-0.2, -0.15) is 0 Å². The van der Waals surface area contributed by atoms with Crippen molar-refractivity contribution in [2.45, 2.75) is 38.1 Å². The van der Waals surface area contributed by atoms with Gasteiger partial charge in [0.1, 0.15) is 11.6 Å². The number of nitrogens with two attached hydrogens (primary N) is 1. The molecule has 2 nitrogen and oxygen atoms in total. The second-order valence-electron chi connectivity index (χ2n) is 4.98. The molecular weight excluding hydrogens is 253 g/mol. The maximum Gasteiger partial charge on any atom is 0.142 e. The lowest BCUT2D eigenvalue weighted by Gasteiger charge is -2.25. The van der Waals surface area contributed by atoms with E-state index >= 15 is 0 Å². The summed E-state index contributed by atoms with van der Waals surface area (Å²) in [7, 11) is 0. The fourth-order valence-electron chi connectivity index (χ4n) is 2.54. The van der Waals surface area contributed by atoms with Gasteiger partial charge in [-0.15, -0.1) is 0 Å². The van der Waals surface area contributed by atoms with Gasteiger partial charge in [-0.1, -0.05) is 30.2 Å². The van der Waals surface area contributed by atoms with Gasteiger partial charge in [0.05, 0.1) is 5.02 Å². The van der Waals surface area contributed by atoms with Crippen LogP contribution >= 0.6 is 11.6 Å². The Kier molecular flexibility index (Phi) is 4.36. The van der Waals surface area contributed by atoms with E-state index in [2.05, 4.69) is 0 Å². The first-order chi connectivity index (χ1) is 8.58. The molecule has 1 aliphatic rings. The van der Waals surface area contributed by atoms with Gasteiger partial charge in [-0.25, -0.2) is 4.39 Å². The van der Waals surface area contributed by atoms with Crippen molar-refractivity contribution in [2.24, 2.45) is 11.7 Å². The van der Waals surface area contributed by atoms with E-state index in [0.717, 1.165) is 25.7 Å². The molecule has 0 amide bonds. The molecule has 18 heavy (non-hydrogen) atoms. The van der Waals surface area contributed by atoms with Crippen molar-refractivity contribution in [3.63, 3.8) is 0 Å². The SMILES string of the molecule is NC1CCCC(C(=O)Cc2cccc(F)c2Cl)C1. The molecule has 0 heterocycles. The van der Waals surface area contributed by atoms with E-state index in [1.165, 1.54) is 6.07 Å². The molecule has 1 saturated carbocycles. The first-order valence-corrected chi connectivity index (χ1v) is 6.67. The van der Waals surface area contributed by atoms with E-state index in [1.807, 2.05) is 0 Å². The van der Waals surface area contributed by atoms with Crippen molar-refractivity contribution in [2.75, 3.05) is 0 Å². The maximum absolute atomic E-state index is 13.3. The molecule has 1 aromatic rings. The minimum atomic E-state index is -0.470. The highest BCUT2D eigenvalue weighted by atomic mass is 35.5. The maximum atomic E-state index is 13.3. The third-order valence-corrected chi connectivity index (χ3v) is 3.99. The first-order valence-electron chi connectivity index (χ1n) is 6.29. The van der Waals surface area contributed by atoms with Crippen LogP contribution in [0.3, 0.4) is 0 Å². The predicted octanol–water partition coefficient (Wildman–Crippen LogP) is 3.11. The topological polar surface area (TPSA) is 43.1 Å². The van der Waals surface area contributed by atoms with Gasteiger partial charge in [0, 0.05) is 18.4 Å². The molecule has 2 unspecified atom stereocenters. The Balaban J connectivity index is 2.04. The van der Waals surface area contributed by atoms with Crippen LogP contribution in [0.1, 0.15) is 31.2 Å². The molecule has 2 N–H and O–H groups in total. The normalized spacial score (nSPS) is 23.9. The van der Waals surface area contributed by atoms with Crippen molar-refractivity contribution in [3.8, 4) is 0 Å². The van der Waals surface area contributed by atoms with Crippen molar-refractivity contribution in [1.29, 1.82) is 0 Å². The summed E-state index contributed by atoms with van der Waals surface area (Å²) in [4.78, 5) is 12.1. The Morgan fingerprint density at radius 2 is 2.22 bits per heavy atom.